The molecule has 120 valence electrons. The van der Waals surface area contributed by atoms with E-state index >= 15 is 0 Å². The minimum Gasteiger partial charge on any atom is -0.471 e. The summed E-state index contributed by atoms with van der Waals surface area (Å²) in [6.45, 7) is 3.11. The highest BCUT2D eigenvalue weighted by atomic mass is 19.4. The third-order valence-corrected chi connectivity index (χ3v) is 4.47. The predicted molar refractivity (Wildman–Crippen MR) is 67.3 cm³/mol. The molecule has 0 bridgehead atoms. The smallest absolute Gasteiger partial charge is 0.403 e. The first-order valence-corrected chi connectivity index (χ1v) is 6.84. The molecule has 0 atom stereocenters. The molecule has 1 spiro atoms. The van der Waals surface area contributed by atoms with Crippen molar-refractivity contribution < 1.29 is 27.5 Å². The topological polar surface area (TPSA) is 58.6 Å². The van der Waals surface area contributed by atoms with E-state index in [1.807, 2.05) is 0 Å². The average Bonchev–Trinajstić information content (AvgIpc) is 3.08. The molecule has 3 aliphatic rings. The number of amides is 1. The van der Waals surface area contributed by atoms with Crippen LogP contribution in [0.5, 0.6) is 0 Å². The summed E-state index contributed by atoms with van der Waals surface area (Å²) in [5.41, 5.74) is -1.96. The Hall–Kier alpha value is -1.31. The van der Waals surface area contributed by atoms with Crippen molar-refractivity contribution in [2.24, 2.45) is 10.8 Å². The van der Waals surface area contributed by atoms with Crippen molar-refractivity contribution in [3.05, 3.63) is 0 Å². The lowest BCUT2D eigenvalue weighted by Gasteiger charge is -2.49. The number of nitrogens with zero attached hydrogens (tertiary/aromatic N) is 1. The molecular formula is C13H19F3N2O3. The zero-order valence-electron chi connectivity index (χ0n) is 11.8. The first kappa shape index (κ1) is 16.1. The molecule has 0 aromatic rings. The molecular weight excluding hydrogens is 289 g/mol. The quantitative estimate of drug-likeness (QED) is 0.771. The monoisotopic (exact) mass is 308 g/mol. The highest BCUT2D eigenvalue weighted by Crippen LogP contribution is 2.59. The Balaban J connectivity index is 0.000000361. The number of hydrogen-bond acceptors (Lipinski definition) is 4. The molecule has 2 heterocycles. The van der Waals surface area contributed by atoms with Gasteiger partial charge in [-0.1, -0.05) is 0 Å². The van der Waals surface area contributed by atoms with Crippen LogP contribution in [0.4, 0.5) is 13.2 Å². The SMILES string of the molecule is COC=O.O=C(N1CC2(CCNC2)C1)C1(C(F)(F)F)CC1. The molecule has 3 rings (SSSR count). The van der Waals surface area contributed by atoms with Crippen molar-refractivity contribution in [2.45, 2.75) is 25.4 Å². The van der Waals surface area contributed by atoms with Gasteiger partial charge in [0, 0.05) is 25.0 Å². The Morgan fingerprint density at radius 3 is 2.19 bits per heavy atom. The zero-order valence-corrected chi connectivity index (χ0v) is 11.8. The maximum Gasteiger partial charge on any atom is 0.403 e. The molecule has 8 heteroatoms. The molecule has 0 unspecified atom stereocenters. The van der Waals surface area contributed by atoms with E-state index in [1.54, 1.807) is 0 Å². The summed E-state index contributed by atoms with van der Waals surface area (Å²) in [6.07, 6.45) is -3.47. The fraction of sp³-hybridized carbons (Fsp3) is 0.846. The third-order valence-electron chi connectivity index (χ3n) is 4.47. The van der Waals surface area contributed by atoms with Crippen molar-refractivity contribution in [2.75, 3.05) is 33.3 Å². The lowest BCUT2D eigenvalue weighted by Crippen LogP contribution is -2.62. The molecule has 3 fully saturated rings. The van der Waals surface area contributed by atoms with Gasteiger partial charge in [-0.2, -0.15) is 13.2 Å². The van der Waals surface area contributed by atoms with Crippen LogP contribution in [0.3, 0.4) is 0 Å². The van der Waals surface area contributed by atoms with Crippen LogP contribution in [0.2, 0.25) is 0 Å². The van der Waals surface area contributed by atoms with E-state index in [9.17, 15) is 18.0 Å². The van der Waals surface area contributed by atoms with Gasteiger partial charge < -0.3 is 15.0 Å². The number of nitrogens with one attached hydrogen (secondary N) is 1. The molecule has 1 saturated carbocycles. The van der Waals surface area contributed by atoms with Crippen LogP contribution in [0.15, 0.2) is 0 Å². The maximum absolute atomic E-state index is 12.8. The average molecular weight is 308 g/mol. The summed E-state index contributed by atoms with van der Waals surface area (Å²) >= 11 is 0. The number of methoxy groups -OCH3 is 1. The number of hydrogen-bond donors (Lipinski definition) is 1. The standard InChI is InChI=1S/C11H15F3N2O.C2H4O2/c12-11(13,14)10(1-2-10)8(17)16-6-9(7-16)3-4-15-5-9;1-4-2-3/h15H,1-7H2;2H,1H3. The highest BCUT2D eigenvalue weighted by molar-refractivity contribution is 5.87. The summed E-state index contributed by atoms with van der Waals surface area (Å²) in [5.74, 6) is -0.692. The third kappa shape index (κ3) is 2.86. The van der Waals surface area contributed by atoms with Gasteiger partial charge >= 0.3 is 6.18 Å². The van der Waals surface area contributed by atoms with E-state index in [0.29, 0.717) is 19.6 Å². The Morgan fingerprint density at radius 1 is 1.29 bits per heavy atom. The minimum absolute atomic E-state index is 0.0307. The second kappa shape index (κ2) is 5.47. The van der Waals surface area contributed by atoms with E-state index in [4.69, 9.17) is 4.79 Å². The van der Waals surface area contributed by atoms with Gasteiger partial charge in [0.05, 0.1) is 7.11 Å². The van der Waals surface area contributed by atoms with Crippen molar-refractivity contribution in [3.8, 4) is 0 Å². The van der Waals surface area contributed by atoms with Crippen LogP contribution in [-0.4, -0.2) is 56.7 Å². The van der Waals surface area contributed by atoms with Crippen LogP contribution in [0.1, 0.15) is 19.3 Å². The molecule has 5 nitrogen and oxygen atoms in total. The lowest BCUT2D eigenvalue weighted by molar-refractivity contribution is -0.204. The molecule has 1 amide bonds. The maximum atomic E-state index is 12.8. The van der Waals surface area contributed by atoms with E-state index in [1.165, 1.54) is 12.0 Å². The Labute approximate surface area is 120 Å². The van der Waals surface area contributed by atoms with Crippen LogP contribution in [-0.2, 0) is 14.3 Å². The molecule has 1 N–H and O–H groups in total. The second-order valence-corrected chi connectivity index (χ2v) is 6.00. The fourth-order valence-electron chi connectivity index (χ4n) is 3.02. The number of halogens is 3. The summed E-state index contributed by atoms with van der Waals surface area (Å²) in [7, 11) is 1.31. The van der Waals surface area contributed by atoms with Crippen LogP contribution < -0.4 is 5.32 Å². The van der Waals surface area contributed by atoms with Gasteiger partial charge in [-0.25, -0.2) is 0 Å². The second-order valence-electron chi connectivity index (χ2n) is 6.00. The normalized spacial score (nSPS) is 24.7. The van der Waals surface area contributed by atoms with Gasteiger partial charge in [-0.3, -0.25) is 9.59 Å². The highest BCUT2D eigenvalue weighted by Gasteiger charge is 2.70. The van der Waals surface area contributed by atoms with Gasteiger partial charge in [0.25, 0.3) is 6.47 Å². The summed E-state index contributed by atoms with van der Waals surface area (Å²) in [4.78, 5) is 22.2. The first-order valence-electron chi connectivity index (χ1n) is 6.84. The zero-order chi connectivity index (χ0) is 15.7. The van der Waals surface area contributed by atoms with Crippen LogP contribution in [0.25, 0.3) is 0 Å². The molecule has 2 saturated heterocycles. The first-order chi connectivity index (χ1) is 9.80. The number of alkyl halides is 3. The molecule has 0 aromatic heterocycles. The summed E-state index contributed by atoms with van der Waals surface area (Å²) in [5, 5.41) is 3.20. The van der Waals surface area contributed by atoms with E-state index in [2.05, 4.69) is 10.1 Å². The van der Waals surface area contributed by atoms with Gasteiger partial charge in [0.1, 0.15) is 5.41 Å². The van der Waals surface area contributed by atoms with Crippen LogP contribution in [0, 0.1) is 10.8 Å². The van der Waals surface area contributed by atoms with E-state index in [-0.39, 0.29) is 18.3 Å². The van der Waals surface area contributed by atoms with Crippen molar-refractivity contribution in [1.29, 1.82) is 0 Å². The Bertz CT molecular complexity index is 407. The fourth-order valence-corrected chi connectivity index (χ4v) is 3.02. The largest absolute Gasteiger partial charge is 0.471 e. The summed E-state index contributed by atoms with van der Waals surface area (Å²) < 4.78 is 42.2. The number of carbonyl (C=O) groups excluding carboxylic acids is 2. The molecule has 21 heavy (non-hydrogen) atoms. The van der Waals surface area contributed by atoms with Gasteiger partial charge in [0.2, 0.25) is 5.91 Å². The minimum atomic E-state index is -4.37. The van der Waals surface area contributed by atoms with Crippen molar-refractivity contribution in [1.82, 2.24) is 10.2 Å². The number of likely N-dealkylation sites (tertiary alicyclic amines) is 1. The lowest BCUT2D eigenvalue weighted by atomic mass is 9.78. The number of rotatable bonds is 2. The van der Waals surface area contributed by atoms with Gasteiger partial charge in [-0.05, 0) is 25.8 Å². The Kier molecular flexibility index (Phi) is 4.19. The van der Waals surface area contributed by atoms with E-state index in [0.717, 1.165) is 19.5 Å². The Morgan fingerprint density at radius 2 is 1.86 bits per heavy atom. The number of ether oxygens (including phenoxy) is 1. The van der Waals surface area contributed by atoms with E-state index < -0.39 is 17.5 Å². The molecule has 1 aliphatic carbocycles. The number of carbonyl (C=O) groups is 2. The summed E-state index contributed by atoms with van der Waals surface area (Å²) in [6, 6.07) is 0. The molecule has 0 radical (unpaired) electrons. The van der Waals surface area contributed by atoms with Gasteiger partial charge in [-0.15, -0.1) is 0 Å². The van der Waals surface area contributed by atoms with Gasteiger partial charge in [0.15, 0.2) is 0 Å². The van der Waals surface area contributed by atoms with Crippen molar-refractivity contribution >= 4 is 12.4 Å². The van der Waals surface area contributed by atoms with Crippen molar-refractivity contribution in [3.63, 3.8) is 0 Å². The molecule has 2 aliphatic heterocycles. The van der Waals surface area contributed by atoms with Crippen LogP contribution >= 0.6 is 0 Å². The predicted octanol–water partition coefficient (Wildman–Crippen LogP) is 0.940. The molecule has 0 aromatic carbocycles.